The van der Waals surface area contributed by atoms with Crippen LogP contribution < -0.4 is 4.74 Å². The zero-order valence-electron chi connectivity index (χ0n) is 12.0. The van der Waals surface area contributed by atoms with Crippen molar-refractivity contribution >= 4 is 5.78 Å². The molecule has 0 radical (unpaired) electrons. The van der Waals surface area contributed by atoms with Crippen molar-refractivity contribution < 1.29 is 9.53 Å². The minimum atomic E-state index is 0.263. The molecule has 1 unspecified atom stereocenters. The fourth-order valence-corrected chi connectivity index (χ4v) is 2.80. The predicted octanol–water partition coefficient (Wildman–Crippen LogP) is 3.29. The summed E-state index contributed by atoms with van der Waals surface area (Å²) in [4.78, 5) is 11.7. The summed E-state index contributed by atoms with van der Waals surface area (Å²) in [5, 5.41) is 4.27. The molecule has 104 valence electrons. The van der Waals surface area contributed by atoms with Crippen molar-refractivity contribution in [1.82, 2.24) is 9.78 Å². The second-order valence-electron chi connectivity index (χ2n) is 5.54. The third kappa shape index (κ3) is 2.22. The average molecular weight is 270 g/mol. The van der Waals surface area contributed by atoms with Gasteiger partial charge in [0.2, 0.25) is 0 Å². The molecule has 0 amide bonds. The van der Waals surface area contributed by atoms with Crippen LogP contribution >= 0.6 is 0 Å². The quantitative estimate of drug-likeness (QED) is 0.629. The summed E-state index contributed by atoms with van der Waals surface area (Å²) in [6.07, 6.45) is 1.66. The van der Waals surface area contributed by atoms with Gasteiger partial charge in [-0.2, -0.15) is 5.10 Å². The van der Waals surface area contributed by atoms with Gasteiger partial charge < -0.3 is 4.74 Å². The Balaban J connectivity index is 0.000000144. The summed E-state index contributed by atoms with van der Waals surface area (Å²) in [7, 11) is 1.91. The first-order chi connectivity index (χ1) is 9.54. The second-order valence-corrected chi connectivity index (χ2v) is 5.54. The molecule has 3 aliphatic rings. The smallest absolute Gasteiger partial charge is 0.166 e. The molecule has 0 N–H and O–H groups in total. The molecule has 1 atom stereocenters. The van der Waals surface area contributed by atoms with Crippen LogP contribution in [0, 0.1) is 12.8 Å². The zero-order chi connectivity index (χ0) is 14.3. The van der Waals surface area contributed by atoms with Gasteiger partial charge in [0, 0.05) is 25.2 Å². The molecule has 5 rings (SSSR count). The number of ketones is 1. The molecule has 0 fully saturated rings. The number of nitrogens with zero attached hydrogens (tertiary/aromatic N) is 2. The minimum absolute atomic E-state index is 0.263. The maximum atomic E-state index is 11.7. The topological polar surface area (TPSA) is 44.1 Å². The van der Waals surface area contributed by atoms with Crippen molar-refractivity contribution in [3.05, 3.63) is 41.2 Å². The van der Waals surface area contributed by atoms with Gasteiger partial charge in [-0.1, -0.05) is 13.0 Å². The molecular formula is C16H18N2O2. The lowest BCUT2D eigenvalue weighted by Crippen LogP contribution is -2.19. The van der Waals surface area contributed by atoms with Crippen LogP contribution in [0.5, 0.6) is 11.5 Å². The lowest BCUT2D eigenvalue weighted by molar-refractivity contribution is 0.0952. The molecule has 1 aromatic heterocycles. The number of carbonyl (C=O) groups excluding carboxylic acids is 1. The molecular weight excluding hydrogens is 252 g/mol. The number of hydrogen-bond acceptors (Lipinski definition) is 3. The molecule has 0 spiro atoms. The fraction of sp³-hybridized carbons (Fsp3) is 0.375. The third-order valence-electron chi connectivity index (χ3n) is 3.74. The molecule has 1 aromatic carbocycles. The van der Waals surface area contributed by atoms with Gasteiger partial charge in [0.05, 0.1) is 11.3 Å². The van der Waals surface area contributed by atoms with Crippen LogP contribution in [-0.2, 0) is 13.5 Å². The van der Waals surface area contributed by atoms with Crippen molar-refractivity contribution in [2.24, 2.45) is 13.0 Å². The van der Waals surface area contributed by atoms with Crippen molar-refractivity contribution in [3.63, 3.8) is 0 Å². The molecule has 1 aliphatic carbocycles. The summed E-state index contributed by atoms with van der Waals surface area (Å²) in [5.74, 6) is 2.70. The Bertz CT molecular complexity index is 648. The summed E-state index contributed by atoms with van der Waals surface area (Å²) in [5.41, 5.74) is 2.87. The number of Topliss-reactive ketones (excluding diaryl/α,β-unsaturated/α-hetero) is 1. The van der Waals surface area contributed by atoms with E-state index in [2.05, 4.69) is 12.0 Å². The highest BCUT2D eigenvalue weighted by atomic mass is 16.5. The largest absolute Gasteiger partial charge is 0.457 e. The van der Waals surface area contributed by atoms with Gasteiger partial charge in [0.15, 0.2) is 5.78 Å². The molecule has 0 saturated carbocycles. The molecule has 0 saturated heterocycles. The van der Waals surface area contributed by atoms with E-state index in [1.54, 1.807) is 0 Å². The highest BCUT2D eigenvalue weighted by molar-refractivity contribution is 5.99. The molecule has 20 heavy (non-hydrogen) atoms. The van der Waals surface area contributed by atoms with Crippen LogP contribution in [0.1, 0.15) is 35.1 Å². The number of rotatable bonds is 0. The molecule has 4 heteroatoms. The van der Waals surface area contributed by atoms with Gasteiger partial charge in [-0.15, -0.1) is 0 Å². The number of aromatic nitrogens is 2. The van der Waals surface area contributed by atoms with Crippen LogP contribution in [0.2, 0.25) is 0 Å². The van der Waals surface area contributed by atoms with E-state index in [4.69, 9.17) is 4.74 Å². The number of hydrogen-bond donors (Lipinski definition) is 0. The highest BCUT2D eigenvalue weighted by Crippen LogP contribution is 2.33. The molecule has 4 nitrogen and oxygen atoms in total. The molecule has 3 heterocycles. The van der Waals surface area contributed by atoms with E-state index in [0.29, 0.717) is 12.3 Å². The number of ether oxygens (including phenoxy) is 1. The van der Waals surface area contributed by atoms with E-state index in [-0.39, 0.29) is 5.78 Å². The van der Waals surface area contributed by atoms with Crippen LogP contribution in [-0.4, -0.2) is 15.6 Å². The molecule has 2 aliphatic heterocycles. The van der Waals surface area contributed by atoms with Crippen molar-refractivity contribution in [2.45, 2.75) is 26.7 Å². The summed E-state index contributed by atoms with van der Waals surface area (Å²) >= 11 is 0. The average Bonchev–Trinajstić information content (AvgIpc) is 2.65. The number of aryl methyl sites for hydroxylation is 2. The summed E-state index contributed by atoms with van der Waals surface area (Å²) in [6, 6.07) is 7.86. The summed E-state index contributed by atoms with van der Waals surface area (Å²) in [6.45, 7) is 4.02. The molecule has 2 aromatic rings. The van der Waals surface area contributed by atoms with E-state index in [1.165, 1.54) is 0 Å². The van der Waals surface area contributed by atoms with Crippen LogP contribution in [0.15, 0.2) is 24.3 Å². The zero-order valence-corrected chi connectivity index (χ0v) is 12.0. The van der Waals surface area contributed by atoms with Crippen LogP contribution in [0.25, 0.3) is 0 Å². The molecule has 2 bridgehead atoms. The van der Waals surface area contributed by atoms with E-state index < -0.39 is 0 Å². The third-order valence-corrected chi connectivity index (χ3v) is 3.74. The first kappa shape index (κ1) is 12.9. The maximum absolute atomic E-state index is 11.7. The van der Waals surface area contributed by atoms with Crippen molar-refractivity contribution in [3.8, 4) is 11.5 Å². The van der Waals surface area contributed by atoms with E-state index in [0.717, 1.165) is 34.9 Å². The Morgan fingerprint density at radius 2 is 1.95 bits per heavy atom. The number of carbonyl (C=O) groups is 1. The lowest BCUT2D eigenvalue weighted by atomic mass is 9.87. The van der Waals surface area contributed by atoms with Crippen molar-refractivity contribution in [1.29, 1.82) is 0 Å². The Labute approximate surface area is 118 Å². The Morgan fingerprint density at radius 1 is 1.30 bits per heavy atom. The van der Waals surface area contributed by atoms with E-state index in [9.17, 15) is 4.79 Å². The van der Waals surface area contributed by atoms with Gasteiger partial charge in [-0.05, 0) is 31.4 Å². The first-order valence-electron chi connectivity index (χ1n) is 6.88. The standard InChI is InChI=1S/C10H14N2O.C6H4O/c1-6-4-8-10(9(13)5-6)7(2)11-12(8)3;1-2-5-4-6(3-1)7-5/h6H,4-5H2,1-3H3;1-4H. The maximum Gasteiger partial charge on any atom is 0.166 e. The predicted molar refractivity (Wildman–Crippen MR) is 76.3 cm³/mol. The van der Waals surface area contributed by atoms with Crippen molar-refractivity contribution in [2.75, 3.05) is 0 Å². The minimum Gasteiger partial charge on any atom is -0.457 e. The Hall–Kier alpha value is -2.10. The Morgan fingerprint density at radius 3 is 2.45 bits per heavy atom. The van der Waals surface area contributed by atoms with Gasteiger partial charge >= 0.3 is 0 Å². The van der Waals surface area contributed by atoms with Gasteiger partial charge in [0.1, 0.15) is 11.5 Å². The van der Waals surface area contributed by atoms with E-state index in [1.807, 2.05) is 42.9 Å². The lowest BCUT2D eigenvalue weighted by Gasteiger charge is -2.17. The first-order valence-corrected chi connectivity index (χ1v) is 6.88. The second kappa shape index (κ2) is 4.78. The fourth-order valence-electron chi connectivity index (χ4n) is 2.80. The Kier molecular flexibility index (Phi) is 3.08. The SMILES string of the molecule is Cc1nn(C)c2c1C(=O)CC(C)C2.c1cc2cc(c1)O2. The monoisotopic (exact) mass is 270 g/mol. The highest BCUT2D eigenvalue weighted by Gasteiger charge is 2.27. The summed E-state index contributed by atoms with van der Waals surface area (Å²) < 4.78 is 6.86. The van der Waals surface area contributed by atoms with Gasteiger partial charge in [-0.25, -0.2) is 0 Å². The van der Waals surface area contributed by atoms with Crippen LogP contribution in [0.4, 0.5) is 0 Å². The normalized spacial score (nSPS) is 18.4. The van der Waals surface area contributed by atoms with Gasteiger partial charge in [-0.3, -0.25) is 9.48 Å². The van der Waals surface area contributed by atoms with E-state index >= 15 is 0 Å². The van der Waals surface area contributed by atoms with Crippen LogP contribution in [0.3, 0.4) is 0 Å². The number of benzene rings is 1. The number of fused-ring (bicyclic) bond motifs is 3. The van der Waals surface area contributed by atoms with Gasteiger partial charge in [0.25, 0.3) is 0 Å².